The minimum Gasteiger partial charge on any atom is -0.317 e. The van der Waals surface area contributed by atoms with E-state index in [0.717, 1.165) is 41.5 Å². The van der Waals surface area contributed by atoms with Gasteiger partial charge in [0, 0.05) is 6.04 Å². The van der Waals surface area contributed by atoms with Crippen molar-refractivity contribution in [2.45, 2.75) is 52.0 Å². The third-order valence-corrected chi connectivity index (χ3v) is 5.69. The second kappa shape index (κ2) is 4.01. The Bertz CT molecular complexity index is 244. The largest absolute Gasteiger partial charge is 0.317 e. The van der Waals surface area contributed by atoms with Crippen LogP contribution in [0.2, 0.25) is 0 Å². The molecule has 3 rings (SSSR count). The standard InChI is InChI=1S/C15H27N/c1-9(2)4-7-12(16-3)15-13-10-5-6-11(8-10)14(13)15/h9-16H,4-8H2,1-3H3. The fourth-order valence-electron chi connectivity index (χ4n) is 4.97. The third-order valence-electron chi connectivity index (χ3n) is 5.69. The van der Waals surface area contributed by atoms with Gasteiger partial charge in [-0.2, -0.15) is 0 Å². The van der Waals surface area contributed by atoms with Gasteiger partial charge in [0.05, 0.1) is 0 Å². The zero-order valence-corrected chi connectivity index (χ0v) is 11.1. The lowest BCUT2D eigenvalue weighted by atomic mass is 9.93. The number of nitrogens with one attached hydrogen (secondary N) is 1. The SMILES string of the molecule is CNC(CCC(C)C)C1C2C3CCC(C3)C21. The second-order valence-electron chi connectivity index (χ2n) is 6.93. The molecule has 92 valence electrons. The number of hydrogen-bond donors (Lipinski definition) is 1. The van der Waals surface area contributed by atoms with Crippen LogP contribution in [0.25, 0.3) is 0 Å². The fourth-order valence-corrected chi connectivity index (χ4v) is 4.97. The average Bonchev–Trinajstić information content (AvgIpc) is 2.69. The molecule has 3 saturated carbocycles. The van der Waals surface area contributed by atoms with Crippen LogP contribution < -0.4 is 5.32 Å². The van der Waals surface area contributed by atoms with Gasteiger partial charge in [-0.15, -0.1) is 0 Å². The molecule has 0 aliphatic heterocycles. The smallest absolute Gasteiger partial charge is 0.00981 e. The third kappa shape index (κ3) is 1.63. The van der Waals surface area contributed by atoms with Crippen LogP contribution in [0.3, 0.4) is 0 Å². The summed E-state index contributed by atoms with van der Waals surface area (Å²) in [7, 11) is 2.18. The van der Waals surface area contributed by atoms with E-state index in [0.29, 0.717) is 0 Å². The Morgan fingerprint density at radius 3 is 2.19 bits per heavy atom. The quantitative estimate of drug-likeness (QED) is 0.751. The van der Waals surface area contributed by atoms with E-state index in [1.54, 1.807) is 19.3 Å². The van der Waals surface area contributed by atoms with Crippen LogP contribution in [-0.2, 0) is 0 Å². The summed E-state index contributed by atoms with van der Waals surface area (Å²) in [5.74, 6) is 6.48. The number of hydrogen-bond acceptors (Lipinski definition) is 1. The van der Waals surface area contributed by atoms with Crippen molar-refractivity contribution >= 4 is 0 Å². The zero-order chi connectivity index (χ0) is 11.3. The lowest BCUT2D eigenvalue weighted by Crippen LogP contribution is -2.30. The van der Waals surface area contributed by atoms with E-state index in [1.807, 2.05) is 0 Å². The van der Waals surface area contributed by atoms with Crippen molar-refractivity contribution in [3.63, 3.8) is 0 Å². The lowest BCUT2D eigenvalue weighted by Gasteiger charge is -2.20. The molecule has 3 fully saturated rings. The molecule has 0 spiro atoms. The van der Waals surface area contributed by atoms with E-state index >= 15 is 0 Å². The first-order valence-corrected chi connectivity index (χ1v) is 7.39. The van der Waals surface area contributed by atoms with Gasteiger partial charge in [-0.05, 0) is 74.7 Å². The predicted molar refractivity (Wildman–Crippen MR) is 68.2 cm³/mol. The lowest BCUT2D eigenvalue weighted by molar-refractivity contribution is 0.345. The normalized spacial score (nSPS) is 46.1. The Hall–Kier alpha value is -0.0400. The van der Waals surface area contributed by atoms with E-state index in [9.17, 15) is 0 Å². The molecule has 1 nitrogen and oxygen atoms in total. The highest BCUT2D eigenvalue weighted by Gasteiger charge is 2.66. The molecule has 2 bridgehead atoms. The Balaban J connectivity index is 1.57. The van der Waals surface area contributed by atoms with Gasteiger partial charge in [-0.1, -0.05) is 13.8 Å². The highest BCUT2D eigenvalue weighted by molar-refractivity contribution is 5.15. The minimum absolute atomic E-state index is 0.834. The van der Waals surface area contributed by atoms with Crippen LogP contribution in [0.4, 0.5) is 0 Å². The van der Waals surface area contributed by atoms with Crippen LogP contribution in [0.1, 0.15) is 46.0 Å². The number of fused-ring (bicyclic) bond motifs is 5. The zero-order valence-electron chi connectivity index (χ0n) is 11.1. The fraction of sp³-hybridized carbons (Fsp3) is 1.00. The molecule has 0 radical (unpaired) electrons. The molecule has 16 heavy (non-hydrogen) atoms. The van der Waals surface area contributed by atoms with E-state index in [4.69, 9.17) is 0 Å². The molecule has 1 N–H and O–H groups in total. The maximum Gasteiger partial charge on any atom is 0.00981 e. The topological polar surface area (TPSA) is 12.0 Å². The first-order valence-electron chi connectivity index (χ1n) is 7.39. The summed E-state index contributed by atoms with van der Waals surface area (Å²) in [6.45, 7) is 4.70. The molecule has 0 saturated heterocycles. The van der Waals surface area contributed by atoms with Gasteiger partial charge in [0.25, 0.3) is 0 Å². The van der Waals surface area contributed by atoms with Crippen molar-refractivity contribution in [1.82, 2.24) is 5.32 Å². The molecule has 5 unspecified atom stereocenters. The molecule has 0 aromatic heterocycles. The van der Waals surface area contributed by atoms with Crippen molar-refractivity contribution in [2.24, 2.45) is 35.5 Å². The Morgan fingerprint density at radius 2 is 1.69 bits per heavy atom. The molecule has 5 atom stereocenters. The molecular weight excluding hydrogens is 194 g/mol. The van der Waals surface area contributed by atoms with Crippen LogP contribution in [-0.4, -0.2) is 13.1 Å². The minimum atomic E-state index is 0.834. The monoisotopic (exact) mass is 221 g/mol. The van der Waals surface area contributed by atoms with Gasteiger partial charge >= 0.3 is 0 Å². The summed E-state index contributed by atoms with van der Waals surface area (Å²) in [6, 6.07) is 0.834. The van der Waals surface area contributed by atoms with Crippen molar-refractivity contribution in [3.05, 3.63) is 0 Å². The summed E-state index contributed by atoms with van der Waals surface area (Å²) in [6.07, 6.45) is 7.51. The second-order valence-corrected chi connectivity index (χ2v) is 6.93. The van der Waals surface area contributed by atoms with Gasteiger partial charge < -0.3 is 5.32 Å². The summed E-state index contributed by atoms with van der Waals surface area (Å²) in [5, 5.41) is 3.62. The van der Waals surface area contributed by atoms with Gasteiger partial charge in [-0.25, -0.2) is 0 Å². The number of rotatable bonds is 5. The van der Waals surface area contributed by atoms with E-state index < -0.39 is 0 Å². The predicted octanol–water partition coefficient (Wildman–Crippen LogP) is 3.30. The Kier molecular flexibility index (Phi) is 2.78. The van der Waals surface area contributed by atoms with Gasteiger partial charge in [0.15, 0.2) is 0 Å². The van der Waals surface area contributed by atoms with Gasteiger partial charge in [0.1, 0.15) is 0 Å². The first kappa shape index (κ1) is 11.1. The van der Waals surface area contributed by atoms with Crippen molar-refractivity contribution in [1.29, 1.82) is 0 Å². The highest BCUT2D eigenvalue weighted by Crippen LogP contribution is 2.70. The summed E-state index contributed by atoms with van der Waals surface area (Å²) in [5.41, 5.74) is 0. The van der Waals surface area contributed by atoms with Crippen LogP contribution >= 0.6 is 0 Å². The Labute approximate surface area is 100 Å². The first-order chi connectivity index (χ1) is 7.72. The van der Waals surface area contributed by atoms with E-state index in [-0.39, 0.29) is 0 Å². The molecule has 0 aromatic carbocycles. The summed E-state index contributed by atoms with van der Waals surface area (Å²) >= 11 is 0. The molecule has 0 heterocycles. The molecule has 3 aliphatic rings. The summed E-state index contributed by atoms with van der Waals surface area (Å²) in [4.78, 5) is 0. The van der Waals surface area contributed by atoms with E-state index in [2.05, 4.69) is 26.2 Å². The molecule has 0 aromatic rings. The summed E-state index contributed by atoms with van der Waals surface area (Å²) < 4.78 is 0. The van der Waals surface area contributed by atoms with Crippen molar-refractivity contribution in [2.75, 3.05) is 7.05 Å². The Morgan fingerprint density at radius 1 is 1.06 bits per heavy atom. The van der Waals surface area contributed by atoms with Gasteiger partial charge in [0.2, 0.25) is 0 Å². The molecule has 1 heteroatoms. The highest BCUT2D eigenvalue weighted by atomic mass is 14.9. The maximum atomic E-state index is 3.62. The van der Waals surface area contributed by atoms with E-state index in [1.165, 1.54) is 12.8 Å². The van der Waals surface area contributed by atoms with Crippen LogP contribution in [0, 0.1) is 35.5 Å². The maximum absolute atomic E-state index is 3.62. The average molecular weight is 221 g/mol. The van der Waals surface area contributed by atoms with Crippen molar-refractivity contribution in [3.8, 4) is 0 Å². The van der Waals surface area contributed by atoms with Crippen LogP contribution in [0.5, 0.6) is 0 Å². The molecule has 0 amide bonds. The van der Waals surface area contributed by atoms with Crippen molar-refractivity contribution < 1.29 is 0 Å². The molecule has 3 aliphatic carbocycles. The van der Waals surface area contributed by atoms with Crippen LogP contribution in [0.15, 0.2) is 0 Å². The molecular formula is C15H27N. The van der Waals surface area contributed by atoms with Gasteiger partial charge in [-0.3, -0.25) is 0 Å².